The molecular weight excluding hydrogens is 416 g/mol. The van der Waals surface area contributed by atoms with Crippen molar-refractivity contribution in [3.05, 3.63) is 90.0 Å². The van der Waals surface area contributed by atoms with Gasteiger partial charge in [0.1, 0.15) is 0 Å². The molecule has 0 saturated heterocycles. The van der Waals surface area contributed by atoms with E-state index in [1.807, 2.05) is 84.4 Å². The Morgan fingerprint density at radius 1 is 0.853 bits per heavy atom. The zero-order chi connectivity index (χ0) is 25.8. The molecule has 3 heteroatoms. The van der Waals surface area contributed by atoms with E-state index in [2.05, 4.69) is 47.7 Å². The van der Waals surface area contributed by atoms with E-state index in [0.717, 1.165) is 31.4 Å². The van der Waals surface area contributed by atoms with E-state index < -0.39 is 6.10 Å². The van der Waals surface area contributed by atoms with Gasteiger partial charge in [0.05, 0.1) is 12.4 Å². The molecular formula is C31H50N2O. The number of fused-ring (bicyclic) bond motifs is 1. The first-order valence-corrected chi connectivity index (χ1v) is 13.5. The van der Waals surface area contributed by atoms with E-state index in [1.165, 1.54) is 17.5 Å². The Kier molecular flexibility index (Phi) is 18.6. The molecule has 0 unspecified atom stereocenters. The molecule has 34 heavy (non-hydrogen) atoms. The Bertz CT molecular complexity index is 789. The summed E-state index contributed by atoms with van der Waals surface area (Å²) in [6.45, 7) is 17.0. The van der Waals surface area contributed by atoms with Gasteiger partial charge in [-0.25, -0.2) is 4.98 Å². The maximum atomic E-state index is 11.0. The second-order valence-corrected chi connectivity index (χ2v) is 7.86. The standard InChI is InChI=1S/C22H24N2O.C3H8.3C2H6/c25-22(18-6-2-1-3-7-18)21(15-24-11-10-23-16-24)14-17-12-19-8-4-5-9-20(19)13-17;1-3-2;3*1-2/h1-11,16-17,21-22,25H,12-15H2;3H2,1-2H3;3*1-2H3/t21-,22+;;;;/m0..../s1. The van der Waals surface area contributed by atoms with Crippen LogP contribution in [-0.4, -0.2) is 14.7 Å². The minimum atomic E-state index is -0.452. The van der Waals surface area contributed by atoms with Crippen LogP contribution in [0.1, 0.15) is 91.0 Å². The molecule has 2 atom stereocenters. The maximum Gasteiger partial charge on any atom is 0.0946 e. The lowest BCUT2D eigenvalue weighted by Gasteiger charge is -2.26. The molecule has 0 amide bonds. The van der Waals surface area contributed by atoms with Crippen molar-refractivity contribution in [1.29, 1.82) is 0 Å². The second kappa shape index (κ2) is 20.0. The number of hydrogen-bond donors (Lipinski definition) is 1. The fraction of sp³-hybridized carbons (Fsp3) is 0.516. The Balaban J connectivity index is 0.00000108. The number of aromatic nitrogens is 2. The minimum absolute atomic E-state index is 0.177. The van der Waals surface area contributed by atoms with Gasteiger partial charge in [0.15, 0.2) is 0 Å². The van der Waals surface area contributed by atoms with Crippen LogP contribution in [0.4, 0.5) is 0 Å². The molecule has 1 N–H and O–H groups in total. The van der Waals surface area contributed by atoms with Gasteiger partial charge in [-0.2, -0.15) is 0 Å². The number of hydrogen-bond acceptors (Lipinski definition) is 2. The summed E-state index contributed by atoms with van der Waals surface area (Å²) in [4.78, 5) is 4.15. The summed E-state index contributed by atoms with van der Waals surface area (Å²) in [7, 11) is 0. The van der Waals surface area contributed by atoms with Gasteiger partial charge in [0, 0.05) is 24.9 Å². The molecule has 4 rings (SSSR count). The van der Waals surface area contributed by atoms with Crippen LogP contribution in [0.2, 0.25) is 0 Å². The third kappa shape index (κ3) is 10.7. The van der Waals surface area contributed by atoms with Gasteiger partial charge in [0.2, 0.25) is 0 Å². The molecule has 0 spiro atoms. The molecule has 3 nitrogen and oxygen atoms in total. The van der Waals surface area contributed by atoms with Crippen LogP contribution in [0.5, 0.6) is 0 Å². The van der Waals surface area contributed by atoms with Gasteiger partial charge in [-0.05, 0) is 41.9 Å². The van der Waals surface area contributed by atoms with Crippen molar-refractivity contribution in [3.63, 3.8) is 0 Å². The van der Waals surface area contributed by atoms with Crippen molar-refractivity contribution >= 4 is 0 Å². The van der Waals surface area contributed by atoms with Gasteiger partial charge in [-0.3, -0.25) is 0 Å². The molecule has 1 aromatic heterocycles. The number of imidazole rings is 1. The summed E-state index contributed by atoms with van der Waals surface area (Å²) in [5, 5.41) is 11.0. The molecule has 0 bridgehead atoms. The monoisotopic (exact) mass is 466 g/mol. The van der Waals surface area contributed by atoms with Crippen LogP contribution >= 0.6 is 0 Å². The highest BCUT2D eigenvalue weighted by atomic mass is 16.3. The van der Waals surface area contributed by atoms with Crippen LogP contribution < -0.4 is 0 Å². The summed E-state index contributed by atoms with van der Waals surface area (Å²) < 4.78 is 2.08. The average molecular weight is 467 g/mol. The number of rotatable bonds is 6. The number of aliphatic hydroxyl groups is 1. The number of benzene rings is 2. The van der Waals surface area contributed by atoms with E-state index >= 15 is 0 Å². The van der Waals surface area contributed by atoms with E-state index in [0.29, 0.717) is 5.92 Å². The third-order valence-corrected chi connectivity index (χ3v) is 5.36. The molecule has 0 radical (unpaired) electrons. The van der Waals surface area contributed by atoms with Gasteiger partial charge in [-0.15, -0.1) is 0 Å². The van der Waals surface area contributed by atoms with Crippen molar-refractivity contribution in [2.75, 3.05) is 0 Å². The summed E-state index contributed by atoms with van der Waals surface area (Å²) >= 11 is 0. The van der Waals surface area contributed by atoms with E-state index in [4.69, 9.17) is 0 Å². The van der Waals surface area contributed by atoms with Crippen LogP contribution in [0.3, 0.4) is 0 Å². The van der Waals surface area contributed by atoms with Gasteiger partial charge in [0.25, 0.3) is 0 Å². The summed E-state index contributed by atoms with van der Waals surface area (Å²) in [6, 6.07) is 18.8. The summed E-state index contributed by atoms with van der Waals surface area (Å²) in [5.41, 5.74) is 3.95. The molecule has 1 aliphatic carbocycles. The Morgan fingerprint density at radius 3 is 1.82 bits per heavy atom. The van der Waals surface area contributed by atoms with E-state index in [9.17, 15) is 5.11 Å². The first-order valence-electron chi connectivity index (χ1n) is 13.5. The molecule has 1 heterocycles. The van der Waals surface area contributed by atoms with Crippen molar-refractivity contribution in [2.45, 2.75) is 93.7 Å². The fourth-order valence-corrected chi connectivity index (χ4v) is 4.14. The molecule has 2 aromatic carbocycles. The van der Waals surface area contributed by atoms with Crippen LogP contribution in [-0.2, 0) is 19.4 Å². The normalized spacial score (nSPS) is 13.2. The SMILES string of the molecule is CC.CC.CC.CCC.O[C@H](c1ccccc1)[C@@H](CC1Cc2ccccc2C1)Cn1ccnc1. The average Bonchev–Trinajstić information content (AvgIpc) is 3.57. The lowest BCUT2D eigenvalue weighted by Crippen LogP contribution is -2.22. The predicted molar refractivity (Wildman–Crippen MR) is 149 cm³/mol. The van der Waals surface area contributed by atoms with Crippen LogP contribution in [0.25, 0.3) is 0 Å². The highest BCUT2D eigenvalue weighted by molar-refractivity contribution is 5.32. The van der Waals surface area contributed by atoms with Gasteiger partial charge in [-0.1, -0.05) is 116 Å². The fourth-order valence-electron chi connectivity index (χ4n) is 4.14. The van der Waals surface area contributed by atoms with E-state index in [1.54, 1.807) is 6.20 Å². The van der Waals surface area contributed by atoms with Crippen molar-refractivity contribution in [2.24, 2.45) is 11.8 Å². The Morgan fingerprint density at radius 2 is 1.35 bits per heavy atom. The van der Waals surface area contributed by atoms with Crippen molar-refractivity contribution < 1.29 is 5.11 Å². The van der Waals surface area contributed by atoms with Crippen molar-refractivity contribution in [3.8, 4) is 0 Å². The van der Waals surface area contributed by atoms with Gasteiger partial charge < -0.3 is 9.67 Å². The zero-order valence-corrected chi connectivity index (χ0v) is 23.0. The highest BCUT2D eigenvalue weighted by Gasteiger charge is 2.28. The molecule has 3 aromatic rings. The molecule has 0 fully saturated rings. The highest BCUT2D eigenvalue weighted by Crippen LogP contribution is 2.35. The third-order valence-electron chi connectivity index (χ3n) is 5.36. The molecule has 0 aliphatic heterocycles. The molecule has 190 valence electrons. The lowest BCUT2D eigenvalue weighted by atomic mass is 9.85. The van der Waals surface area contributed by atoms with Crippen molar-refractivity contribution in [1.82, 2.24) is 9.55 Å². The molecule has 1 aliphatic rings. The zero-order valence-electron chi connectivity index (χ0n) is 23.0. The first-order chi connectivity index (χ1) is 16.7. The lowest BCUT2D eigenvalue weighted by molar-refractivity contribution is 0.0819. The smallest absolute Gasteiger partial charge is 0.0946 e. The Labute approximate surface area is 210 Å². The predicted octanol–water partition coefficient (Wildman–Crippen LogP) is 8.53. The quantitative estimate of drug-likeness (QED) is 0.395. The second-order valence-electron chi connectivity index (χ2n) is 7.86. The van der Waals surface area contributed by atoms with Crippen LogP contribution in [0.15, 0.2) is 73.3 Å². The summed E-state index contributed by atoms with van der Waals surface area (Å²) in [6.07, 6.45) is 9.69. The Hall–Kier alpha value is -2.39. The van der Waals surface area contributed by atoms with E-state index in [-0.39, 0.29) is 5.92 Å². The van der Waals surface area contributed by atoms with Crippen LogP contribution in [0, 0.1) is 11.8 Å². The minimum Gasteiger partial charge on any atom is -0.388 e. The maximum absolute atomic E-state index is 11.0. The first kappa shape index (κ1) is 31.6. The molecule has 0 saturated carbocycles. The summed E-state index contributed by atoms with van der Waals surface area (Å²) in [5.74, 6) is 0.778. The number of aliphatic hydroxyl groups excluding tert-OH is 1. The number of nitrogens with zero attached hydrogens (tertiary/aromatic N) is 2. The largest absolute Gasteiger partial charge is 0.388 e. The topological polar surface area (TPSA) is 38.0 Å². The van der Waals surface area contributed by atoms with Gasteiger partial charge >= 0.3 is 0 Å².